The van der Waals surface area contributed by atoms with Crippen LogP contribution in [0.25, 0.3) is 21.3 Å². The summed E-state index contributed by atoms with van der Waals surface area (Å²) >= 11 is 1.78. The normalized spacial score (nSPS) is 15.9. The highest BCUT2D eigenvalue weighted by Gasteiger charge is 2.26. The molecule has 0 spiro atoms. The van der Waals surface area contributed by atoms with Crippen molar-refractivity contribution in [3.63, 3.8) is 0 Å². The number of H-pyrrole nitrogens is 1. The SMILES string of the molecule is CCCCc1nc2c(NC(C)(C)C)nc3cc(C4CCN(C(=O)O)CC4)sc3c2[nH]1. The average Bonchev–Trinajstić information content (AvgIpc) is 3.29. The topological polar surface area (TPSA) is 94.1 Å². The molecule has 8 heteroatoms. The van der Waals surface area contributed by atoms with Crippen LogP contribution in [0.2, 0.25) is 0 Å². The standard InChI is InChI=1S/C22H31N5O2S/c1-5-6-7-16-24-17-18(25-16)20(26-22(2,3)4)23-14-12-15(30-19(14)17)13-8-10-27(11-9-13)21(28)29/h12-13H,5-11H2,1-4H3,(H,23,26)(H,24,25)(H,28,29). The fourth-order valence-corrected chi connectivity index (χ4v) is 5.32. The van der Waals surface area contributed by atoms with Crippen LogP contribution in [0, 0.1) is 0 Å². The van der Waals surface area contributed by atoms with Crippen molar-refractivity contribution in [2.24, 2.45) is 0 Å². The van der Waals surface area contributed by atoms with Gasteiger partial charge >= 0.3 is 6.09 Å². The fraction of sp³-hybridized carbons (Fsp3) is 0.591. The van der Waals surface area contributed by atoms with Gasteiger partial charge in [-0.15, -0.1) is 11.3 Å². The smallest absolute Gasteiger partial charge is 0.407 e. The number of thiophene rings is 1. The van der Waals surface area contributed by atoms with E-state index < -0.39 is 6.09 Å². The van der Waals surface area contributed by atoms with Crippen LogP contribution in [0.3, 0.4) is 0 Å². The van der Waals surface area contributed by atoms with E-state index in [4.69, 9.17) is 9.97 Å². The number of nitrogens with one attached hydrogen (secondary N) is 2. The maximum atomic E-state index is 11.2. The number of unbranched alkanes of at least 4 members (excludes halogenated alkanes) is 1. The van der Waals surface area contributed by atoms with Crippen LogP contribution in [0.5, 0.6) is 0 Å². The van der Waals surface area contributed by atoms with E-state index in [0.29, 0.717) is 19.0 Å². The second kappa shape index (κ2) is 8.06. The number of fused-ring (bicyclic) bond motifs is 3. The summed E-state index contributed by atoms with van der Waals surface area (Å²) in [5.74, 6) is 2.23. The molecule has 4 rings (SSSR count). The Bertz CT molecular complexity index is 1060. The lowest BCUT2D eigenvalue weighted by atomic mass is 9.95. The number of hydrogen-bond donors (Lipinski definition) is 3. The van der Waals surface area contributed by atoms with Crippen molar-refractivity contribution in [1.82, 2.24) is 19.9 Å². The van der Waals surface area contributed by atoms with Crippen molar-refractivity contribution in [3.8, 4) is 0 Å². The first-order valence-electron chi connectivity index (χ1n) is 10.8. The molecule has 4 heterocycles. The second-order valence-electron chi connectivity index (χ2n) is 9.25. The molecule has 3 aromatic rings. The fourth-order valence-electron chi connectivity index (χ4n) is 4.05. The highest BCUT2D eigenvalue weighted by Crippen LogP contribution is 2.40. The molecule has 30 heavy (non-hydrogen) atoms. The van der Waals surface area contributed by atoms with Gasteiger partial charge in [-0.05, 0) is 52.0 Å². The van der Waals surface area contributed by atoms with Crippen molar-refractivity contribution in [2.75, 3.05) is 18.4 Å². The molecule has 0 bridgehead atoms. The Balaban J connectivity index is 1.73. The maximum Gasteiger partial charge on any atom is 0.407 e. The van der Waals surface area contributed by atoms with E-state index >= 15 is 0 Å². The third-order valence-electron chi connectivity index (χ3n) is 5.60. The maximum absolute atomic E-state index is 11.2. The molecule has 0 aromatic carbocycles. The van der Waals surface area contributed by atoms with Crippen LogP contribution in [-0.4, -0.2) is 49.7 Å². The quantitative estimate of drug-likeness (QED) is 0.492. The molecule has 1 amide bonds. The molecule has 1 aliphatic rings. The Morgan fingerprint density at radius 2 is 2.07 bits per heavy atom. The van der Waals surface area contributed by atoms with Crippen LogP contribution < -0.4 is 5.32 Å². The minimum absolute atomic E-state index is 0.112. The number of nitrogens with zero attached hydrogens (tertiary/aromatic N) is 3. The Morgan fingerprint density at radius 3 is 2.70 bits per heavy atom. The lowest BCUT2D eigenvalue weighted by Gasteiger charge is -2.29. The number of piperidine rings is 1. The molecular weight excluding hydrogens is 398 g/mol. The molecule has 1 saturated heterocycles. The van der Waals surface area contributed by atoms with Gasteiger partial charge in [0.15, 0.2) is 5.82 Å². The summed E-state index contributed by atoms with van der Waals surface area (Å²) in [6, 6.07) is 2.20. The lowest BCUT2D eigenvalue weighted by molar-refractivity contribution is 0.132. The summed E-state index contributed by atoms with van der Waals surface area (Å²) in [4.78, 5) is 27.4. The summed E-state index contributed by atoms with van der Waals surface area (Å²) in [7, 11) is 0. The number of aryl methyl sites for hydroxylation is 1. The van der Waals surface area contributed by atoms with Gasteiger partial charge in [0, 0.05) is 29.9 Å². The van der Waals surface area contributed by atoms with Crippen LogP contribution in [0.1, 0.15) is 70.0 Å². The van der Waals surface area contributed by atoms with Crippen molar-refractivity contribution >= 4 is 44.5 Å². The zero-order valence-electron chi connectivity index (χ0n) is 18.2. The first-order valence-corrected chi connectivity index (χ1v) is 11.6. The number of carbonyl (C=O) groups is 1. The third-order valence-corrected chi connectivity index (χ3v) is 6.90. The van der Waals surface area contributed by atoms with Crippen molar-refractivity contribution in [1.29, 1.82) is 0 Å². The van der Waals surface area contributed by atoms with Crippen molar-refractivity contribution in [2.45, 2.75) is 71.3 Å². The van der Waals surface area contributed by atoms with Crippen LogP contribution >= 0.6 is 11.3 Å². The molecule has 1 fully saturated rings. The minimum atomic E-state index is -0.817. The summed E-state index contributed by atoms with van der Waals surface area (Å²) in [5, 5.41) is 12.7. The van der Waals surface area contributed by atoms with E-state index in [1.807, 2.05) is 0 Å². The third kappa shape index (κ3) is 4.24. The van der Waals surface area contributed by atoms with E-state index in [1.54, 1.807) is 11.3 Å². The summed E-state index contributed by atoms with van der Waals surface area (Å²) < 4.78 is 1.15. The summed E-state index contributed by atoms with van der Waals surface area (Å²) in [6.45, 7) is 9.77. The van der Waals surface area contributed by atoms with E-state index in [0.717, 1.165) is 65.0 Å². The Labute approximate surface area is 180 Å². The number of carboxylic acid groups (broad SMARTS) is 1. The Morgan fingerprint density at radius 1 is 1.33 bits per heavy atom. The number of hydrogen-bond acceptors (Lipinski definition) is 5. The molecule has 162 valence electrons. The molecule has 0 atom stereocenters. The van der Waals surface area contributed by atoms with Gasteiger partial charge < -0.3 is 20.3 Å². The molecule has 1 aliphatic heterocycles. The highest BCUT2D eigenvalue weighted by atomic mass is 32.1. The van der Waals surface area contributed by atoms with Crippen LogP contribution in [0.4, 0.5) is 10.6 Å². The molecule has 0 saturated carbocycles. The van der Waals surface area contributed by atoms with E-state index in [9.17, 15) is 9.90 Å². The number of rotatable bonds is 5. The number of anilines is 1. The second-order valence-corrected chi connectivity index (χ2v) is 10.3. The van der Waals surface area contributed by atoms with Gasteiger partial charge in [-0.1, -0.05) is 13.3 Å². The van der Waals surface area contributed by atoms with Gasteiger partial charge in [-0.3, -0.25) is 0 Å². The molecular formula is C22H31N5O2S. The minimum Gasteiger partial charge on any atom is -0.465 e. The Kier molecular flexibility index (Phi) is 5.61. The van der Waals surface area contributed by atoms with Gasteiger partial charge in [-0.2, -0.15) is 0 Å². The zero-order chi connectivity index (χ0) is 21.5. The van der Waals surface area contributed by atoms with Gasteiger partial charge in [0.1, 0.15) is 11.3 Å². The molecule has 0 aliphatic carbocycles. The van der Waals surface area contributed by atoms with Gasteiger partial charge in [0.05, 0.1) is 15.7 Å². The summed E-state index contributed by atoms with van der Waals surface area (Å²) in [5.41, 5.74) is 2.86. The van der Waals surface area contributed by atoms with Gasteiger partial charge in [0.25, 0.3) is 0 Å². The van der Waals surface area contributed by atoms with Crippen LogP contribution in [-0.2, 0) is 6.42 Å². The molecule has 0 radical (unpaired) electrons. The number of aromatic amines is 1. The number of imidazole rings is 1. The number of aromatic nitrogens is 3. The number of pyridine rings is 1. The van der Waals surface area contributed by atoms with Crippen molar-refractivity contribution in [3.05, 3.63) is 16.8 Å². The highest BCUT2D eigenvalue weighted by molar-refractivity contribution is 7.20. The van der Waals surface area contributed by atoms with Gasteiger partial charge in [-0.25, -0.2) is 14.8 Å². The molecule has 3 aromatic heterocycles. The Hall–Kier alpha value is -2.35. The average molecular weight is 430 g/mol. The monoisotopic (exact) mass is 429 g/mol. The molecule has 7 nitrogen and oxygen atoms in total. The van der Waals surface area contributed by atoms with Gasteiger partial charge in [0.2, 0.25) is 0 Å². The van der Waals surface area contributed by atoms with Crippen LogP contribution in [0.15, 0.2) is 6.07 Å². The predicted octanol–water partition coefficient (Wildman–Crippen LogP) is 5.58. The number of amides is 1. The first-order chi connectivity index (χ1) is 14.2. The largest absolute Gasteiger partial charge is 0.465 e. The first kappa shape index (κ1) is 20.9. The molecule has 3 N–H and O–H groups in total. The van der Waals surface area contributed by atoms with E-state index in [1.165, 1.54) is 9.78 Å². The summed E-state index contributed by atoms with van der Waals surface area (Å²) in [6.07, 6.45) is 4.09. The number of likely N-dealkylation sites (tertiary alicyclic amines) is 1. The lowest BCUT2D eigenvalue weighted by Crippen LogP contribution is -2.36. The molecule has 0 unspecified atom stereocenters. The van der Waals surface area contributed by atoms with E-state index in [-0.39, 0.29) is 5.54 Å². The predicted molar refractivity (Wildman–Crippen MR) is 123 cm³/mol. The van der Waals surface area contributed by atoms with E-state index in [2.05, 4.69) is 44.1 Å². The van der Waals surface area contributed by atoms with Crippen molar-refractivity contribution < 1.29 is 9.90 Å². The zero-order valence-corrected chi connectivity index (χ0v) is 19.0.